The van der Waals surface area contributed by atoms with Crippen LogP contribution < -0.4 is 5.32 Å². The van der Waals surface area contributed by atoms with Gasteiger partial charge in [0.1, 0.15) is 4.32 Å². The molecular weight excluding hydrogens is 420 g/mol. The van der Waals surface area contributed by atoms with E-state index >= 15 is 0 Å². The number of hydrogen-bond acceptors (Lipinski definition) is 5. The third kappa shape index (κ3) is 5.55. The first-order valence-corrected chi connectivity index (χ1v) is 10.5. The van der Waals surface area contributed by atoms with E-state index in [1.165, 1.54) is 28.8 Å². The molecular formula is C22H20N2O4S2. The highest BCUT2D eigenvalue weighted by Crippen LogP contribution is 2.32. The fourth-order valence-corrected chi connectivity index (χ4v) is 4.13. The molecule has 0 spiro atoms. The quantitative estimate of drug-likeness (QED) is 0.493. The van der Waals surface area contributed by atoms with Crippen molar-refractivity contribution in [2.75, 3.05) is 11.9 Å². The summed E-state index contributed by atoms with van der Waals surface area (Å²) in [6, 6.07) is 13.8. The van der Waals surface area contributed by atoms with Gasteiger partial charge in [-0.15, -0.1) is 0 Å². The zero-order valence-corrected chi connectivity index (χ0v) is 17.9. The number of nitrogens with zero attached hydrogens (tertiary/aromatic N) is 1. The molecule has 2 amide bonds. The summed E-state index contributed by atoms with van der Waals surface area (Å²) in [5, 5.41) is 11.6. The topological polar surface area (TPSA) is 86.7 Å². The molecule has 2 N–H and O–H groups in total. The van der Waals surface area contributed by atoms with Crippen LogP contribution >= 0.6 is 24.0 Å². The number of amides is 2. The molecule has 1 fully saturated rings. The van der Waals surface area contributed by atoms with Gasteiger partial charge < -0.3 is 10.4 Å². The summed E-state index contributed by atoms with van der Waals surface area (Å²) in [5.74, 6) is -1.37. The molecule has 0 radical (unpaired) electrons. The van der Waals surface area contributed by atoms with Crippen molar-refractivity contribution in [3.8, 4) is 0 Å². The predicted octanol–water partition coefficient (Wildman–Crippen LogP) is 4.31. The monoisotopic (exact) mass is 440 g/mol. The number of carbonyl (C=O) groups excluding carboxylic acids is 2. The summed E-state index contributed by atoms with van der Waals surface area (Å²) >= 11 is 6.59. The number of aromatic carboxylic acids is 1. The molecule has 154 valence electrons. The van der Waals surface area contributed by atoms with Gasteiger partial charge in [0.05, 0.1) is 10.5 Å². The lowest BCUT2D eigenvalue weighted by atomic mass is 10.1. The third-order valence-electron chi connectivity index (χ3n) is 4.45. The van der Waals surface area contributed by atoms with Gasteiger partial charge in [-0.25, -0.2) is 4.79 Å². The number of aryl methyl sites for hydroxylation is 1. The largest absolute Gasteiger partial charge is 0.478 e. The van der Waals surface area contributed by atoms with Crippen LogP contribution in [0, 0.1) is 6.92 Å². The SMILES string of the molecule is Cc1ccc(/C=C2/SC(=S)N(CCCC(=O)Nc3ccc(C(=O)O)cc3)C2=O)cc1. The Labute approximate surface area is 184 Å². The Bertz CT molecular complexity index is 1010. The molecule has 6 nitrogen and oxygen atoms in total. The molecule has 0 unspecified atom stereocenters. The van der Waals surface area contributed by atoms with Crippen molar-refractivity contribution in [3.63, 3.8) is 0 Å². The molecule has 30 heavy (non-hydrogen) atoms. The van der Waals surface area contributed by atoms with E-state index in [2.05, 4.69) is 5.32 Å². The minimum absolute atomic E-state index is 0.143. The maximum atomic E-state index is 12.6. The maximum absolute atomic E-state index is 12.6. The van der Waals surface area contributed by atoms with E-state index in [0.717, 1.165) is 11.1 Å². The van der Waals surface area contributed by atoms with Gasteiger partial charge >= 0.3 is 5.97 Å². The fourth-order valence-electron chi connectivity index (χ4n) is 2.82. The van der Waals surface area contributed by atoms with Crippen LogP contribution in [-0.2, 0) is 9.59 Å². The van der Waals surface area contributed by atoms with Crippen LogP contribution in [0.5, 0.6) is 0 Å². The number of carboxylic acid groups (broad SMARTS) is 1. The molecule has 2 aromatic rings. The molecule has 2 aromatic carbocycles. The van der Waals surface area contributed by atoms with Crippen LogP contribution in [0.4, 0.5) is 5.69 Å². The van der Waals surface area contributed by atoms with Crippen molar-refractivity contribution in [2.24, 2.45) is 0 Å². The predicted molar refractivity (Wildman–Crippen MR) is 122 cm³/mol. The maximum Gasteiger partial charge on any atom is 0.335 e. The molecule has 8 heteroatoms. The smallest absolute Gasteiger partial charge is 0.335 e. The van der Waals surface area contributed by atoms with Gasteiger partial charge in [0.2, 0.25) is 5.91 Å². The molecule has 0 aromatic heterocycles. The van der Waals surface area contributed by atoms with Crippen molar-refractivity contribution in [1.82, 2.24) is 4.90 Å². The minimum Gasteiger partial charge on any atom is -0.478 e. The van der Waals surface area contributed by atoms with Gasteiger partial charge in [-0.05, 0) is 49.2 Å². The molecule has 0 saturated carbocycles. The van der Waals surface area contributed by atoms with Crippen molar-refractivity contribution in [1.29, 1.82) is 0 Å². The first-order valence-electron chi connectivity index (χ1n) is 9.29. The Kier molecular flexibility index (Phi) is 7.02. The second kappa shape index (κ2) is 9.69. The summed E-state index contributed by atoms with van der Waals surface area (Å²) in [5.41, 5.74) is 2.77. The molecule has 0 aliphatic carbocycles. The summed E-state index contributed by atoms with van der Waals surface area (Å²) in [4.78, 5) is 37.7. The first-order chi connectivity index (χ1) is 14.3. The van der Waals surface area contributed by atoms with Crippen LogP contribution in [-0.4, -0.2) is 38.7 Å². The van der Waals surface area contributed by atoms with Gasteiger partial charge in [-0.1, -0.05) is 53.8 Å². The van der Waals surface area contributed by atoms with E-state index in [1.807, 2.05) is 37.3 Å². The Morgan fingerprint density at radius 1 is 1.13 bits per heavy atom. The average Bonchev–Trinajstić information content (AvgIpc) is 2.97. The van der Waals surface area contributed by atoms with Crippen LogP contribution in [0.15, 0.2) is 53.4 Å². The molecule has 0 bridgehead atoms. The van der Waals surface area contributed by atoms with Crippen molar-refractivity contribution in [2.45, 2.75) is 19.8 Å². The standard InChI is InChI=1S/C22H20N2O4S2/c1-14-4-6-15(7-5-14)13-18-20(26)24(22(29)30-18)12-2-3-19(25)23-17-10-8-16(9-11-17)21(27)28/h4-11,13H,2-3,12H2,1H3,(H,23,25)(H,27,28)/b18-13+. The number of thioether (sulfide) groups is 1. The van der Waals surface area contributed by atoms with E-state index in [4.69, 9.17) is 17.3 Å². The number of carboxylic acids is 1. The number of rotatable bonds is 7. The van der Waals surface area contributed by atoms with E-state index in [-0.39, 0.29) is 23.8 Å². The van der Waals surface area contributed by atoms with E-state index in [1.54, 1.807) is 12.1 Å². The number of benzene rings is 2. The normalized spacial score (nSPS) is 15.0. The molecule has 1 aliphatic heterocycles. The number of hydrogen-bond donors (Lipinski definition) is 2. The second-order valence-electron chi connectivity index (χ2n) is 6.78. The molecule has 1 heterocycles. The zero-order chi connectivity index (χ0) is 21.7. The second-order valence-corrected chi connectivity index (χ2v) is 8.45. The number of thiocarbonyl (C=S) groups is 1. The van der Waals surface area contributed by atoms with E-state index < -0.39 is 5.97 Å². The lowest BCUT2D eigenvalue weighted by Crippen LogP contribution is -2.29. The first kappa shape index (κ1) is 21.7. The zero-order valence-electron chi connectivity index (χ0n) is 16.3. The van der Waals surface area contributed by atoms with Gasteiger partial charge in [0, 0.05) is 18.7 Å². The average molecular weight is 441 g/mol. The Morgan fingerprint density at radius 3 is 2.43 bits per heavy atom. The van der Waals surface area contributed by atoms with Crippen molar-refractivity contribution >= 4 is 57.8 Å². The lowest BCUT2D eigenvalue weighted by molar-refractivity contribution is -0.122. The highest BCUT2D eigenvalue weighted by atomic mass is 32.2. The van der Waals surface area contributed by atoms with Gasteiger partial charge in [0.25, 0.3) is 5.91 Å². The van der Waals surface area contributed by atoms with E-state index in [9.17, 15) is 14.4 Å². The molecule has 1 aliphatic rings. The van der Waals surface area contributed by atoms with Crippen LogP contribution in [0.3, 0.4) is 0 Å². The van der Waals surface area contributed by atoms with E-state index in [0.29, 0.717) is 27.9 Å². The van der Waals surface area contributed by atoms with Gasteiger partial charge in [-0.2, -0.15) is 0 Å². The number of nitrogens with one attached hydrogen (secondary N) is 1. The summed E-state index contributed by atoms with van der Waals surface area (Å²) in [6.07, 6.45) is 2.50. The lowest BCUT2D eigenvalue weighted by Gasteiger charge is -2.14. The Hall–Kier alpha value is -2.97. The summed E-state index contributed by atoms with van der Waals surface area (Å²) in [6.45, 7) is 2.37. The van der Waals surface area contributed by atoms with Crippen LogP contribution in [0.2, 0.25) is 0 Å². The molecule has 3 rings (SSSR count). The Balaban J connectivity index is 1.51. The van der Waals surface area contributed by atoms with Crippen LogP contribution in [0.25, 0.3) is 6.08 Å². The molecule has 0 atom stereocenters. The van der Waals surface area contributed by atoms with Crippen molar-refractivity contribution < 1.29 is 19.5 Å². The fraction of sp³-hybridized carbons (Fsp3) is 0.182. The highest BCUT2D eigenvalue weighted by molar-refractivity contribution is 8.26. The van der Waals surface area contributed by atoms with Gasteiger partial charge in [0.15, 0.2) is 0 Å². The third-order valence-corrected chi connectivity index (χ3v) is 5.83. The van der Waals surface area contributed by atoms with Crippen molar-refractivity contribution in [3.05, 3.63) is 70.1 Å². The molecule has 1 saturated heterocycles. The summed E-state index contributed by atoms with van der Waals surface area (Å²) < 4.78 is 0.489. The minimum atomic E-state index is -1.02. The number of anilines is 1. The van der Waals surface area contributed by atoms with Gasteiger partial charge in [-0.3, -0.25) is 14.5 Å². The number of carbonyl (C=O) groups is 3. The summed E-state index contributed by atoms with van der Waals surface area (Å²) in [7, 11) is 0. The van der Waals surface area contributed by atoms with Crippen LogP contribution in [0.1, 0.15) is 34.3 Å². The highest BCUT2D eigenvalue weighted by Gasteiger charge is 2.31. The Morgan fingerprint density at radius 2 is 1.80 bits per heavy atom.